The zero-order chi connectivity index (χ0) is 30.6. The van der Waals surface area contributed by atoms with Crippen molar-refractivity contribution in [3.63, 3.8) is 0 Å². The molecule has 0 aromatic heterocycles. The summed E-state index contributed by atoms with van der Waals surface area (Å²) in [5.41, 5.74) is 17.7. The minimum absolute atomic E-state index is 0.590. The summed E-state index contributed by atoms with van der Waals surface area (Å²) in [6.07, 6.45) is 12.4. The van der Waals surface area contributed by atoms with Crippen LogP contribution in [-0.2, 0) is 36.7 Å². The van der Waals surface area contributed by atoms with E-state index < -0.39 is 5.92 Å². The van der Waals surface area contributed by atoms with Gasteiger partial charge in [0, 0.05) is 0 Å². The van der Waals surface area contributed by atoms with Crippen molar-refractivity contribution in [2.45, 2.75) is 90.1 Å². The molecule has 0 heterocycles. The van der Waals surface area contributed by atoms with Crippen LogP contribution < -0.4 is 0 Å². The second-order valence-electron chi connectivity index (χ2n) is 13.3. The molecule has 44 heavy (non-hydrogen) atoms. The van der Waals surface area contributed by atoms with E-state index in [1.807, 2.05) is 0 Å². The molecule has 4 aromatic carbocycles. The van der Waals surface area contributed by atoms with E-state index in [0.717, 1.165) is 0 Å². The van der Waals surface area contributed by atoms with Gasteiger partial charge in [0.25, 0.3) is 0 Å². The van der Waals surface area contributed by atoms with Crippen molar-refractivity contribution in [1.82, 2.24) is 0 Å². The average Bonchev–Trinajstić information content (AvgIpc) is 3.54. The first-order chi connectivity index (χ1) is 21.5. The molecule has 0 aliphatic heterocycles. The van der Waals surface area contributed by atoms with Gasteiger partial charge >= 0.3 is 257 Å². The summed E-state index contributed by atoms with van der Waals surface area (Å²) in [6, 6.07) is 35.6. The molecular formula is C42H47SiZr. The number of hydrogen-bond donors (Lipinski definition) is 0. The molecule has 2 aliphatic rings. The van der Waals surface area contributed by atoms with E-state index in [9.17, 15) is 0 Å². The zero-order valence-corrected chi connectivity index (χ0v) is 30.7. The maximum absolute atomic E-state index is 2.51. The van der Waals surface area contributed by atoms with Crippen molar-refractivity contribution < 1.29 is 23.9 Å². The van der Waals surface area contributed by atoms with Gasteiger partial charge in [-0.05, 0) is 0 Å². The van der Waals surface area contributed by atoms with Crippen LogP contribution >= 0.6 is 0 Å². The number of allylic oxidation sites excluding steroid dienone is 2. The Balaban J connectivity index is 1.17. The third kappa shape index (κ3) is 6.68. The number of hydrogen-bond acceptors (Lipinski definition) is 0. The standard InChI is InChI=1S/C42H47Si.Zr/c1-5-7-11-31-17-21-33(22-18-31)35-13-9-15-37-39(35)25-29(3)41(37)27-43-28-42-30(4)26-40-36(14-10-16-38(40)42)34-23-19-32(20-24-34)12-8-6-2;/h9-10,13-26,41-43H,5-8,11-12,27-28H2,1-4H3;. The molecule has 0 saturated heterocycles. The van der Waals surface area contributed by atoms with Crippen molar-refractivity contribution in [3.05, 3.63) is 129 Å². The van der Waals surface area contributed by atoms with E-state index in [1.54, 1.807) is 46.2 Å². The first-order valence-corrected chi connectivity index (χ1v) is 23.5. The molecule has 2 heteroatoms. The Bertz CT molecular complexity index is 1530. The summed E-state index contributed by atoms with van der Waals surface area (Å²) in [5.74, 6) is 0.271. The van der Waals surface area contributed by atoms with Crippen LogP contribution in [-0.4, -0.2) is 5.92 Å². The topological polar surface area (TPSA) is 0 Å². The minimum atomic E-state index is -0.910. The summed E-state index contributed by atoms with van der Waals surface area (Å²) < 4.78 is 0. The molecule has 2 unspecified atom stereocenters. The summed E-state index contributed by atoms with van der Waals surface area (Å²) in [5, 5.41) is 0. The molecule has 0 nitrogen and oxygen atoms in total. The Morgan fingerprint density at radius 1 is 0.568 bits per heavy atom. The molecule has 0 radical (unpaired) electrons. The van der Waals surface area contributed by atoms with Crippen LogP contribution in [0.3, 0.4) is 0 Å². The van der Waals surface area contributed by atoms with Crippen molar-refractivity contribution in [3.8, 4) is 22.3 Å². The molecule has 0 N–H and O–H groups in total. The fourth-order valence-corrected chi connectivity index (χ4v) is 13.6. The molecule has 0 fully saturated rings. The molecule has 2 atom stereocenters. The SMILES string of the molecule is CCCCc1ccc(-c2cccc3c2C=C(C)C3C[SiH]([Zr])CC2C(C)=Cc3c(-c4ccc(CCCC)cc4)cccc32)cc1. The first-order valence-electron chi connectivity index (χ1n) is 17.0. The summed E-state index contributed by atoms with van der Waals surface area (Å²) in [7, 11) is 0. The van der Waals surface area contributed by atoms with Gasteiger partial charge in [0.15, 0.2) is 0 Å². The molecule has 6 rings (SSSR count). The molecule has 4 aromatic rings. The van der Waals surface area contributed by atoms with E-state index in [4.69, 9.17) is 0 Å². The second kappa shape index (κ2) is 14.3. The Morgan fingerprint density at radius 2 is 0.977 bits per heavy atom. The van der Waals surface area contributed by atoms with E-state index in [0.29, 0.717) is 11.8 Å². The Labute approximate surface area is 282 Å². The zero-order valence-electron chi connectivity index (χ0n) is 27.1. The number of benzene rings is 4. The summed E-state index contributed by atoms with van der Waals surface area (Å²) >= 11 is 1.80. The van der Waals surface area contributed by atoms with Crippen LogP contribution in [0.2, 0.25) is 12.1 Å². The van der Waals surface area contributed by atoms with Crippen LogP contribution in [0.4, 0.5) is 0 Å². The average molecular weight is 671 g/mol. The van der Waals surface area contributed by atoms with Gasteiger partial charge in [0.05, 0.1) is 0 Å². The quantitative estimate of drug-likeness (QED) is 0.132. The van der Waals surface area contributed by atoms with Crippen LogP contribution in [0.25, 0.3) is 34.4 Å². The number of aryl methyl sites for hydroxylation is 2. The third-order valence-corrected chi connectivity index (χ3v) is 15.6. The Hall–Kier alpha value is -2.54. The monoisotopic (exact) mass is 669 g/mol. The van der Waals surface area contributed by atoms with Crippen molar-refractivity contribution >= 4 is 18.1 Å². The van der Waals surface area contributed by atoms with Gasteiger partial charge in [-0.25, -0.2) is 0 Å². The number of rotatable bonds is 12. The van der Waals surface area contributed by atoms with Crippen LogP contribution in [0, 0.1) is 0 Å². The van der Waals surface area contributed by atoms with E-state index in [2.05, 4.69) is 125 Å². The van der Waals surface area contributed by atoms with E-state index >= 15 is 0 Å². The molecule has 223 valence electrons. The molecular weight excluding hydrogens is 624 g/mol. The van der Waals surface area contributed by atoms with Crippen molar-refractivity contribution in [1.29, 1.82) is 0 Å². The van der Waals surface area contributed by atoms with Gasteiger partial charge in [-0.2, -0.15) is 0 Å². The fraction of sp³-hybridized carbons (Fsp3) is 0.333. The first kappa shape index (κ1) is 31.4. The molecule has 2 aliphatic carbocycles. The van der Waals surface area contributed by atoms with Gasteiger partial charge in [0.2, 0.25) is 0 Å². The van der Waals surface area contributed by atoms with Crippen molar-refractivity contribution in [2.75, 3.05) is 0 Å². The number of unbranched alkanes of at least 4 members (excludes halogenated alkanes) is 2. The van der Waals surface area contributed by atoms with Crippen molar-refractivity contribution in [2.24, 2.45) is 0 Å². The Morgan fingerprint density at radius 3 is 1.36 bits per heavy atom. The fourth-order valence-electron chi connectivity index (χ4n) is 7.50. The normalized spacial score (nSPS) is 17.6. The third-order valence-electron chi connectivity index (χ3n) is 10.1. The van der Waals surface area contributed by atoms with Gasteiger partial charge in [-0.1, -0.05) is 26.7 Å². The van der Waals surface area contributed by atoms with E-state index in [-0.39, 0.29) is 0 Å². The van der Waals surface area contributed by atoms with Crippen LogP contribution in [0.5, 0.6) is 0 Å². The number of fused-ring (bicyclic) bond motifs is 2. The summed E-state index contributed by atoms with van der Waals surface area (Å²) in [4.78, 5) is 0. The Kier molecular flexibility index (Phi) is 10.2. The maximum atomic E-state index is 2.51. The predicted molar refractivity (Wildman–Crippen MR) is 191 cm³/mol. The van der Waals surface area contributed by atoms with E-state index in [1.165, 1.54) is 95.1 Å². The predicted octanol–water partition coefficient (Wildman–Crippen LogP) is 11.7. The van der Waals surface area contributed by atoms with Gasteiger partial charge in [-0.15, -0.1) is 0 Å². The molecule has 0 spiro atoms. The second-order valence-corrected chi connectivity index (χ2v) is 21.6. The van der Waals surface area contributed by atoms with Crippen LogP contribution in [0.1, 0.15) is 98.6 Å². The van der Waals surface area contributed by atoms with Crippen LogP contribution in [0.15, 0.2) is 96.1 Å². The molecule has 0 saturated carbocycles. The molecule has 0 bridgehead atoms. The van der Waals surface area contributed by atoms with Gasteiger partial charge in [0.1, 0.15) is 0 Å². The molecule has 0 amide bonds. The summed E-state index contributed by atoms with van der Waals surface area (Å²) in [6.45, 7) is 9.31. The van der Waals surface area contributed by atoms with Gasteiger partial charge < -0.3 is 0 Å². The van der Waals surface area contributed by atoms with Gasteiger partial charge in [-0.3, -0.25) is 0 Å².